The number of pyridine rings is 1. The number of carbonyl (C=O) groups excluding carboxylic acids is 2. The average molecular weight is 261 g/mol. The lowest BCUT2D eigenvalue weighted by Gasteiger charge is -2.32. The summed E-state index contributed by atoms with van der Waals surface area (Å²) < 4.78 is 0. The number of piperidine rings is 1. The van der Waals surface area contributed by atoms with Gasteiger partial charge in [-0.2, -0.15) is 0 Å². The van der Waals surface area contributed by atoms with Gasteiger partial charge in [0.1, 0.15) is 5.69 Å². The van der Waals surface area contributed by atoms with Crippen molar-refractivity contribution in [2.24, 2.45) is 5.92 Å². The van der Waals surface area contributed by atoms with Crippen LogP contribution < -0.4 is 0 Å². The maximum atomic E-state index is 12.2. The van der Waals surface area contributed by atoms with Gasteiger partial charge in [-0.05, 0) is 25.0 Å². The lowest BCUT2D eigenvalue weighted by Crippen LogP contribution is -2.42. The molecule has 102 valence electrons. The molecule has 5 nitrogen and oxygen atoms in total. The Hall–Kier alpha value is -1.91. The Kier molecular flexibility index (Phi) is 4.14. The molecule has 0 atom stereocenters. The fourth-order valence-electron chi connectivity index (χ4n) is 2.35. The zero-order valence-corrected chi connectivity index (χ0v) is 11.4. The quantitative estimate of drug-likeness (QED) is 0.798. The van der Waals surface area contributed by atoms with E-state index >= 15 is 0 Å². The summed E-state index contributed by atoms with van der Waals surface area (Å²) in [6, 6.07) is 5.32. The molecule has 1 aromatic rings. The first-order chi connectivity index (χ1) is 9.09. The number of rotatable bonds is 2. The van der Waals surface area contributed by atoms with Crippen LogP contribution in [-0.4, -0.2) is 53.8 Å². The molecule has 1 fully saturated rings. The summed E-state index contributed by atoms with van der Waals surface area (Å²) in [5, 5.41) is 0. The summed E-state index contributed by atoms with van der Waals surface area (Å²) >= 11 is 0. The summed E-state index contributed by atoms with van der Waals surface area (Å²) in [5.74, 6) is 0.157. The highest BCUT2D eigenvalue weighted by molar-refractivity contribution is 5.92. The van der Waals surface area contributed by atoms with E-state index in [1.807, 2.05) is 6.07 Å². The van der Waals surface area contributed by atoms with E-state index in [2.05, 4.69) is 4.98 Å². The molecular weight excluding hydrogens is 242 g/mol. The molecule has 5 heteroatoms. The van der Waals surface area contributed by atoms with Crippen LogP contribution in [0.4, 0.5) is 0 Å². The molecule has 1 aromatic heterocycles. The third-order valence-electron chi connectivity index (χ3n) is 3.46. The molecule has 0 aliphatic carbocycles. The SMILES string of the molecule is CN(C)C(=O)C1CCN(C(=O)c2ccccn2)CC1. The lowest BCUT2D eigenvalue weighted by atomic mass is 9.95. The van der Waals surface area contributed by atoms with E-state index in [1.165, 1.54) is 0 Å². The monoisotopic (exact) mass is 261 g/mol. The van der Waals surface area contributed by atoms with Crippen molar-refractivity contribution in [3.05, 3.63) is 30.1 Å². The van der Waals surface area contributed by atoms with Crippen molar-refractivity contribution in [3.8, 4) is 0 Å². The van der Waals surface area contributed by atoms with E-state index in [0.29, 0.717) is 18.8 Å². The standard InChI is InChI=1S/C14H19N3O2/c1-16(2)13(18)11-6-9-17(10-7-11)14(19)12-5-3-4-8-15-12/h3-5,8,11H,6-7,9-10H2,1-2H3. The molecule has 2 rings (SSSR count). The van der Waals surface area contributed by atoms with Gasteiger partial charge in [0.05, 0.1) is 0 Å². The van der Waals surface area contributed by atoms with Gasteiger partial charge in [-0.25, -0.2) is 0 Å². The van der Waals surface area contributed by atoms with E-state index in [1.54, 1.807) is 42.2 Å². The molecular formula is C14H19N3O2. The normalized spacial score (nSPS) is 16.2. The largest absolute Gasteiger partial charge is 0.349 e. The Balaban J connectivity index is 1.94. The lowest BCUT2D eigenvalue weighted by molar-refractivity contribution is -0.134. The molecule has 0 spiro atoms. The zero-order chi connectivity index (χ0) is 13.8. The van der Waals surface area contributed by atoms with E-state index in [0.717, 1.165) is 12.8 Å². The summed E-state index contributed by atoms with van der Waals surface area (Å²) in [7, 11) is 3.54. The van der Waals surface area contributed by atoms with Crippen molar-refractivity contribution in [1.82, 2.24) is 14.8 Å². The summed E-state index contributed by atoms with van der Waals surface area (Å²) in [6.45, 7) is 1.25. The van der Waals surface area contributed by atoms with Gasteiger partial charge in [0, 0.05) is 39.3 Å². The topological polar surface area (TPSA) is 53.5 Å². The molecule has 1 aliphatic heterocycles. The first kappa shape index (κ1) is 13.5. The first-order valence-corrected chi connectivity index (χ1v) is 6.51. The van der Waals surface area contributed by atoms with Crippen molar-refractivity contribution in [2.75, 3.05) is 27.2 Å². The van der Waals surface area contributed by atoms with Gasteiger partial charge >= 0.3 is 0 Å². The molecule has 19 heavy (non-hydrogen) atoms. The van der Waals surface area contributed by atoms with Gasteiger partial charge in [-0.1, -0.05) is 6.07 Å². The predicted octanol–water partition coefficient (Wildman–Crippen LogP) is 1.02. The van der Waals surface area contributed by atoms with Crippen LogP contribution >= 0.6 is 0 Å². The Morgan fingerprint density at radius 3 is 2.47 bits per heavy atom. The Morgan fingerprint density at radius 2 is 1.95 bits per heavy atom. The van der Waals surface area contributed by atoms with Gasteiger partial charge < -0.3 is 9.80 Å². The van der Waals surface area contributed by atoms with Crippen LogP contribution in [0.25, 0.3) is 0 Å². The molecule has 1 aliphatic rings. The fraction of sp³-hybridized carbons (Fsp3) is 0.500. The van der Waals surface area contributed by atoms with Crippen LogP contribution in [0, 0.1) is 5.92 Å². The second-order valence-corrected chi connectivity index (χ2v) is 5.01. The fourth-order valence-corrected chi connectivity index (χ4v) is 2.35. The van der Waals surface area contributed by atoms with Crippen LogP contribution in [-0.2, 0) is 4.79 Å². The van der Waals surface area contributed by atoms with Crippen molar-refractivity contribution >= 4 is 11.8 Å². The minimum atomic E-state index is -0.0450. The third-order valence-corrected chi connectivity index (χ3v) is 3.46. The Morgan fingerprint density at radius 1 is 1.26 bits per heavy atom. The van der Waals surface area contributed by atoms with Crippen molar-refractivity contribution < 1.29 is 9.59 Å². The number of amides is 2. The maximum absolute atomic E-state index is 12.2. The molecule has 2 heterocycles. The number of aromatic nitrogens is 1. The molecule has 2 amide bonds. The van der Waals surface area contributed by atoms with Crippen molar-refractivity contribution in [3.63, 3.8) is 0 Å². The van der Waals surface area contributed by atoms with Gasteiger partial charge in [0.2, 0.25) is 5.91 Å². The highest BCUT2D eigenvalue weighted by atomic mass is 16.2. The van der Waals surface area contributed by atoms with Gasteiger partial charge in [0.15, 0.2) is 0 Å². The van der Waals surface area contributed by atoms with E-state index < -0.39 is 0 Å². The summed E-state index contributed by atoms with van der Waals surface area (Å²) in [4.78, 5) is 31.5. The first-order valence-electron chi connectivity index (χ1n) is 6.51. The maximum Gasteiger partial charge on any atom is 0.272 e. The van der Waals surface area contributed by atoms with E-state index in [4.69, 9.17) is 0 Å². The van der Waals surface area contributed by atoms with Crippen LogP contribution in [0.1, 0.15) is 23.3 Å². The number of hydrogen-bond acceptors (Lipinski definition) is 3. The molecule has 0 unspecified atom stereocenters. The van der Waals surface area contributed by atoms with E-state index in [9.17, 15) is 9.59 Å². The summed E-state index contributed by atoms with van der Waals surface area (Å²) in [5.41, 5.74) is 0.472. The number of carbonyl (C=O) groups is 2. The van der Waals surface area contributed by atoms with Gasteiger partial charge in [-0.15, -0.1) is 0 Å². The Labute approximate surface area is 113 Å². The van der Waals surface area contributed by atoms with Crippen molar-refractivity contribution in [1.29, 1.82) is 0 Å². The second-order valence-electron chi connectivity index (χ2n) is 5.01. The smallest absolute Gasteiger partial charge is 0.272 e. The van der Waals surface area contributed by atoms with E-state index in [-0.39, 0.29) is 17.7 Å². The molecule has 0 radical (unpaired) electrons. The predicted molar refractivity (Wildman–Crippen MR) is 71.6 cm³/mol. The number of hydrogen-bond donors (Lipinski definition) is 0. The average Bonchev–Trinajstić information content (AvgIpc) is 2.46. The molecule has 0 aromatic carbocycles. The molecule has 1 saturated heterocycles. The highest BCUT2D eigenvalue weighted by Gasteiger charge is 2.28. The van der Waals surface area contributed by atoms with Gasteiger partial charge in [-0.3, -0.25) is 14.6 Å². The minimum Gasteiger partial charge on any atom is -0.349 e. The molecule has 0 bridgehead atoms. The number of likely N-dealkylation sites (tertiary alicyclic amines) is 1. The third kappa shape index (κ3) is 3.10. The zero-order valence-electron chi connectivity index (χ0n) is 11.4. The van der Waals surface area contributed by atoms with Crippen LogP contribution in [0.15, 0.2) is 24.4 Å². The second kappa shape index (κ2) is 5.82. The van der Waals surface area contributed by atoms with Crippen LogP contribution in [0.2, 0.25) is 0 Å². The molecule has 0 saturated carbocycles. The minimum absolute atomic E-state index is 0.0442. The van der Waals surface area contributed by atoms with Crippen LogP contribution in [0.3, 0.4) is 0 Å². The Bertz CT molecular complexity index is 451. The number of nitrogens with zero attached hydrogens (tertiary/aromatic N) is 3. The van der Waals surface area contributed by atoms with Gasteiger partial charge in [0.25, 0.3) is 5.91 Å². The highest BCUT2D eigenvalue weighted by Crippen LogP contribution is 2.20. The van der Waals surface area contributed by atoms with Crippen LogP contribution in [0.5, 0.6) is 0 Å². The summed E-state index contributed by atoms with van der Waals surface area (Å²) in [6.07, 6.45) is 3.08. The van der Waals surface area contributed by atoms with Crippen molar-refractivity contribution in [2.45, 2.75) is 12.8 Å². The molecule has 0 N–H and O–H groups in total.